The molecule has 2 saturated carbocycles. The maximum Gasteiger partial charge on any atom is 0.0623 e. The largest absolute Gasteiger partial charge is 0.381 e. The van der Waals surface area contributed by atoms with Crippen molar-refractivity contribution in [3.05, 3.63) is 0 Å². The van der Waals surface area contributed by atoms with Crippen molar-refractivity contribution in [2.75, 3.05) is 92.0 Å². The van der Waals surface area contributed by atoms with E-state index in [0.29, 0.717) is 72.4 Å². The minimum Gasteiger partial charge on any atom is -0.381 e. The molecule has 10 rings (SSSR count). The maximum atomic E-state index is 5.64. The summed E-state index contributed by atoms with van der Waals surface area (Å²) in [6, 6.07) is 1.39. The Morgan fingerprint density at radius 2 is 0.578 bits per heavy atom. The van der Waals surface area contributed by atoms with E-state index in [1.807, 2.05) is 0 Å². The first-order chi connectivity index (χ1) is 46.1. The lowest BCUT2D eigenvalue weighted by Crippen LogP contribution is -2.54. The fraction of sp³-hybridized carbons (Fsp3) is 1.00. The van der Waals surface area contributed by atoms with Crippen molar-refractivity contribution < 1.29 is 18.9 Å². The number of hydrogen-bond acceptors (Lipinski definition) is 9. The first-order valence-electron chi connectivity index (χ1n) is 43.0. The molecule has 0 amide bonds. The van der Waals surface area contributed by atoms with Gasteiger partial charge in [0.2, 0.25) is 0 Å². The third-order valence-corrected chi connectivity index (χ3v) is 24.3. The highest BCUT2D eigenvalue weighted by Crippen LogP contribution is 2.40. The molecule has 2 aliphatic carbocycles. The maximum absolute atomic E-state index is 5.64. The van der Waals surface area contributed by atoms with Crippen LogP contribution in [0.15, 0.2) is 0 Å². The molecule has 8 heterocycles. The quantitative estimate of drug-likeness (QED) is 0.163. The van der Waals surface area contributed by atoms with Crippen LogP contribution in [0.4, 0.5) is 0 Å². The van der Waals surface area contributed by atoms with E-state index in [9.17, 15) is 0 Å². The predicted octanol–water partition coefficient (Wildman–Crippen LogP) is 25.5. The molecule has 0 radical (unpaired) electrons. The van der Waals surface area contributed by atoms with E-state index in [1.165, 1.54) is 206 Å². The van der Waals surface area contributed by atoms with E-state index in [1.54, 1.807) is 0 Å². The monoisotopic (exact) mass is 1450 g/mol. The lowest BCUT2D eigenvalue weighted by Gasteiger charge is -2.35. The summed E-state index contributed by atoms with van der Waals surface area (Å²) < 4.78 is 22.0. The van der Waals surface area contributed by atoms with Crippen LogP contribution in [-0.4, -0.2) is 116 Å². The zero-order chi connectivity index (χ0) is 76.1. The van der Waals surface area contributed by atoms with Crippen molar-refractivity contribution in [1.82, 2.24) is 26.6 Å². The number of nitrogens with one attached hydrogen (secondary N) is 5. The van der Waals surface area contributed by atoms with Crippen LogP contribution in [0, 0.1) is 89.7 Å². The molecule has 10 aliphatic rings. The number of piperidine rings is 3. The van der Waals surface area contributed by atoms with Crippen molar-refractivity contribution in [2.24, 2.45) is 89.7 Å². The van der Waals surface area contributed by atoms with E-state index in [4.69, 9.17) is 18.9 Å². The van der Waals surface area contributed by atoms with Gasteiger partial charge in [0, 0.05) is 71.4 Å². The summed E-state index contributed by atoms with van der Waals surface area (Å²) in [7, 11) is 0. The lowest BCUT2D eigenvalue weighted by molar-refractivity contribution is -0.0474. The van der Waals surface area contributed by atoms with Crippen LogP contribution in [0.25, 0.3) is 0 Å². The van der Waals surface area contributed by atoms with Crippen LogP contribution < -0.4 is 26.6 Å². The molecule has 9 heteroatoms. The lowest BCUT2D eigenvalue weighted by atomic mass is 9.72. The summed E-state index contributed by atoms with van der Waals surface area (Å²) in [5, 5.41) is 17.3. The van der Waals surface area contributed by atoms with Gasteiger partial charge in [0.05, 0.1) is 12.2 Å². The second kappa shape index (κ2) is 51.2. The zero-order valence-electron chi connectivity index (χ0n) is 73.9. The van der Waals surface area contributed by atoms with Crippen LogP contribution in [-0.2, 0) is 18.9 Å². The standard InChI is InChI=1S/2C10H20.3C9H19N.4C9H18O.C8H18N2.2CH4/c2*1-10(2,3)9-7-5-4-6-8-9;1-9(2,3)8-4-6-10-7-5-8;1-9(2,3)8-5-4-6-10-7-8;1-9(2,3)8-6-4-5-7-10-8;1-9(2,3)8-4-6-10-7-5-8;1-9(2,3)8-5-4-6-10-7-8;2*1-9(2,3)8-6-4-5-7-10-8;1-8(2,3)7-6-9-4-5-10-7;;/h2*9H,4-8H2,1-3H3;3*8,10H,4-7H2,1-3H3;4*8H,4-7H2,1-3H3;7,9-10H,4-6H2,1-3H3;2*1H4. The SMILES string of the molecule is C.C.CC(C)(C)C1CCCCC1.CC(C)(C)C1CCCCC1.CC(C)(C)C1CCCCN1.CC(C)(C)C1CCCCO1.CC(C)(C)C1CCCCO1.CC(C)(C)C1CCCNC1.CC(C)(C)C1CCCOC1.CC(C)(C)C1CCNCC1.CC(C)(C)C1CCOCC1.CC(C)(C)C1CNCCN1. The van der Waals surface area contributed by atoms with Gasteiger partial charge < -0.3 is 45.5 Å². The van der Waals surface area contributed by atoms with Gasteiger partial charge >= 0.3 is 0 Å². The summed E-state index contributed by atoms with van der Waals surface area (Å²) in [6.45, 7) is 84.8. The van der Waals surface area contributed by atoms with Crippen LogP contribution in [0.2, 0.25) is 0 Å². The van der Waals surface area contributed by atoms with E-state index >= 15 is 0 Å². The molecule has 0 spiro atoms. The topological polar surface area (TPSA) is 97.1 Å². The van der Waals surface area contributed by atoms with E-state index < -0.39 is 0 Å². The van der Waals surface area contributed by atoms with Crippen molar-refractivity contribution in [3.63, 3.8) is 0 Å². The van der Waals surface area contributed by atoms with Crippen LogP contribution in [0.5, 0.6) is 0 Å². The smallest absolute Gasteiger partial charge is 0.0623 e. The molecule has 616 valence electrons. The van der Waals surface area contributed by atoms with Gasteiger partial charge in [-0.25, -0.2) is 0 Å². The molecule has 9 nitrogen and oxygen atoms in total. The second-order valence-corrected chi connectivity index (χ2v) is 43.6. The van der Waals surface area contributed by atoms with Gasteiger partial charge in [-0.1, -0.05) is 268 Å². The number of ether oxygens (including phenoxy) is 4. The molecule has 6 atom stereocenters. The Balaban J connectivity index is 0. The second-order valence-electron chi connectivity index (χ2n) is 43.6. The first-order valence-corrected chi connectivity index (χ1v) is 43.0. The molecule has 0 bridgehead atoms. The van der Waals surface area contributed by atoms with Gasteiger partial charge in [-0.3, -0.25) is 0 Å². The molecule has 0 aromatic carbocycles. The zero-order valence-corrected chi connectivity index (χ0v) is 73.9. The predicted molar refractivity (Wildman–Crippen MR) is 457 cm³/mol. The molecule has 6 unspecified atom stereocenters. The van der Waals surface area contributed by atoms with Crippen LogP contribution >= 0.6 is 0 Å². The van der Waals surface area contributed by atoms with Crippen molar-refractivity contribution in [3.8, 4) is 0 Å². The normalized spacial score (nSPS) is 25.8. The summed E-state index contributed by atoms with van der Waals surface area (Å²) in [4.78, 5) is 0. The van der Waals surface area contributed by atoms with Crippen LogP contribution in [0.3, 0.4) is 0 Å². The van der Waals surface area contributed by atoms with Gasteiger partial charge in [-0.2, -0.15) is 0 Å². The van der Waals surface area contributed by atoms with Gasteiger partial charge in [0.1, 0.15) is 0 Å². The summed E-state index contributed by atoms with van der Waals surface area (Å²) >= 11 is 0. The Hall–Kier alpha value is -0.360. The van der Waals surface area contributed by atoms with Gasteiger partial charge in [-0.15, -0.1) is 0 Å². The average molecular weight is 1450 g/mol. The van der Waals surface area contributed by atoms with Crippen molar-refractivity contribution in [2.45, 2.75) is 420 Å². The average Bonchev–Trinajstić information content (AvgIpc) is 1.02. The molecule has 0 aromatic rings. The van der Waals surface area contributed by atoms with E-state index in [-0.39, 0.29) is 14.9 Å². The third kappa shape index (κ3) is 49.7. The highest BCUT2D eigenvalue weighted by Gasteiger charge is 2.33. The first kappa shape index (κ1) is 104. The Morgan fingerprint density at radius 3 is 0.814 bits per heavy atom. The molecule has 102 heavy (non-hydrogen) atoms. The van der Waals surface area contributed by atoms with Gasteiger partial charge in [-0.05, 0) is 251 Å². The number of hydrogen-bond donors (Lipinski definition) is 5. The minimum atomic E-state index is 0. The van der Waals surface area contributed by atoms with Crippen molar-refractivity contribution >= 4 is 0 Å². The van der Waals surface area contributed by atoms with Gasteiger partial charge in [0.15, 0.2) is 0 Å². The summed E-state index contributed by atoms with van der Waals surface area (Å²) in [5.41, 5.74) is 4.66. The Labute approximate surface area is 644 Å². The summed E-state index contributed by atoms with van der Waals surface area (Å²) in [5.74, 6) is 5.49. The fourth-order valence-corrected chi connectivity index (χ4v) is 15.9. The minimum absolute atomic E-state index is 0. The highest BCUT2D eigenvalue weighted by molar-refractivity contribution is 4.87. The third-order valence-electron chi connectivity index (χ3n) is 24.3. The Kier molecular flexibility index (Phi) is 52.1. The fourth-order valence-electron chi connectivity index (χ4n) is 15.9. The molecule has 0 aromatic heterocycles. The highest BCUT2D eigenvalue weighted by atomic mass is 16.5. The van der Waals surface area contributed by atoms with Crippen LogP contribution in [0.1, 0.15) is 396 Å². The molecule has 8 saturated heterocycles. The van der Waals surface area contributed by atoms with Gasteiger partial charge in [0.25, 0.3) is 0 Å². The van der Waals surface area contributed by atoms with E-state index in [0.717, 1.165) is 101 Å². The Morgan fingerprint density at radius 1 is 0.216 bits per heavy atom. The molecule has 5 N–H and O–H groups in total. The molecular formula is C93H195N5O4. The number of rotatable bonds is 0. The molecule has 10 fully saturated rings. The Bertz CT molecular complexity index is 1430. The van der Waals surface area contributed by atoms with Crippen molar-refractivity contribution in [1.29, 1.82) is 0 Å². The molecule has 8 aliphatic heterocycles. The number of piperazine rings is 1. The van der Waals surface area contributed by atoms with E-state index in [2.05, 4.69) is 234 Å². The summed E-state index contributed by atoms with van der Waals surface area (Å²) in [6.07, 6.45) is 38.2. The molecular weight excluding hydrogens is 1250 g/mol.